The van der Waals surface area contributed by atoms with Gasteiger partial charge in [-0.15, -0.1) is 0 Å². The van der Waals surface area contributed by atoms with Crippen LogP contribution in [0.3, 0.4) is 0 Å². The normalized spacial score (nSPS) is 26.7. The van der Waals surface area contributed by atoms with Crippen molar-refractivity contribution < 1.29 is 9.53 Å². The van der Waals surface area contributed by atoms with Crippen LogP contribution in [-0.2, 0) is 4.74 Å². The molecule has 1 aliphatic heterocycles. The Morgan fingerprint density at radius 3 is 2.62 bits per heavy atom. The Labute approximate surface area is 97.3 Å². The molecule has 0 unspecified atom stereocenters. The first-order chi connectivity index (χ1) is 7.46. The van der Waals surface area contributed by atoms with E-state index in [1.165, 1.54) is 12.8 Å². The summed E-state index contributed by atoms with van der Waals surface area (Å²) in [6.45, 7) is 8.18. The van der Waals surface area contributed by atoms with Crippen molar-refractivity contribution in [1.82, 2.24) is 10.2 Å². The van der Waals surface area contributed by atoms with E-state index in [0.29, 0.717) is 6.04 Å². The van der Waals surface area contributed by atoms with Gasteiger partial charge in [-0.1, -0.05) is 0 Å². The van der Waals surface area contributed by atoms with Crippen molar-refractivity contribution in [2.45, 2.75) is 45.3 Å². The van der Waals surface area contributed by atoms with Crippen molar-refractivity contribution in [2.24, 2.45) is 5.92 Å². The lowest BCUT2D eigenvalue weighted by atomic mass is 10.1. The van der Waals surface area contributed by atoms with Gasteiger partial charge in [0.05, 0.1) is 0 Å². The van der Waals surface area contributed by atoms with E-state index in [0.717, 1.165) is 25.6 Å². The first-order valence-corrected chi connectivity index (χ1v) is 6.17. The van der Waals surface area contributed by atoms with Gasteiger partial charge >= 0.3 is 6.09 Å². The fourth-order valence-electron chi connectivity index (χ4n) is 2.08. The number of nitrogens with zero attached hydrogens (tertiary/aromatic N) is 1. The van der Waals surface area contributed by atoms with E-state index in [9.17, 15) is 4.79 Å². The summed E-state index contributed by atoms with van der Waals surface area (Å²) in [5.41, 5.74) is -0.392. The van der Waals surface area contributed by atoms with E-state index in [2.05, 4.69) is 5.32 Å². The number of ether oxygens (including phenoxy) is 1. The van der Waals surface area contributed by atoms with Gasteiger partial charge in [-0.25, -0.2) is 4.79 Å². The van der Waals surface area contributed by atoms with Gasteiger partial charge in [0, 0.05) is 25.7 Å². The second kappa shape index (κ2) is 4.24. The Hall–Kier alpha value is -0.770. The van der Waals surface area contributed by atoms with E-state index in [1.54, 1.807) is 0 Å². The molecule has 92 valence electrons. The summed E-state index contributed by atoms with van der Waals surface area (Å²) in [5.74, 6) is 0.783. The van der Waals surface area contributed by atoms with E-state index in [1.807, 2.05) is 25.7 Å². The zero-order valence-corrected chi connectivity index (χ0v) is 10.5. The molecular formula is C12H22N2O2. The summed E-state index contributed by atoms with van der Waals surface area (Å²) in [7, 11) is 0. The average molecular weight is 226 g/mol. The summed E-state index contributed by atoms with van der Waals surface area (Å²) in [6, 6.07) is 0.487. The molecular weight excluding hydrogens is 204 g/mol. The van der Waals surface area contributed by atoms with Crippen LogP contribution in [0.5, 0.6) is 0 Å². The molecule has 1 aliphatic carbocycles. The van der Waals surface area contributed by atoms with Crippen molar-refractivity contribution in [1.29, 1.82) is 0 Å². The van der Waals surface area contributed by atoms with Gasteiger partial charge < -0.3 is 15.0 Å². The molecule has 16 heavy (non-hydrogen) atoms. The number of carbonyl (C=O) groups is 1. The topological polar surface area (TPSA) is 41.6 Å². The minimum absolute atomic E-state index is 0.167. The fraction of sp³-hybridized carbons (Fsp3) is 0.917. The number of carbonyl (C=O) groups excluding carboxylic acids is 1. The molecule has 1 heterocycles. The summed E-state index contributed by atoms with van der Waals surface area (Å²) < 4.78 is 5.38. The zero-order valence-electron chi connectivity index (χ0n) is 10.5. The highest BCUT2D eigenvalue weighted by molar-refractivity contribution is 5.68. The Morgan fingerprint density at radius 1 is 1.38 bits per heavy atom. The Bertz CT molecular complexity index is 269. The van der Waals surface area contributed by atoms with Gasteiger partial charge in [0.25, 0.3) is 0 Å². The summed E-state index contributed by atoms with van der Waals surface area (Å²) in [4.78, 5) is 13.7. The number of rotatable bonds is 1. The van der Waals surface area contributed by atoms with Gasteiger partial charge in [-0.05, 0) is 39.5 Å². The number of piperazine rings is 1. The molecule has 4 nitrogen and oxygen atoms in total. The van der Waals surface area contributed by atoms with Gasteiger partial charge in [0.2, 0.25) is 0 Å². The monoisotopic (exact) mass is 226 g/mol. The van der Waals surface area contributed by atoms with Crippen molar-refractivity contribution >= 4 is 6.09 Å². The van der Waals surface area contributed by atoms with Gasteiger partial charge in [-0.3, -0.25) is 0 Å². The third-order valence-electron chi connectivity index (χ3n) is 3.05. The van der Waals surface area contributed by atoms with Crippen molar-refractivity contribution in [2.75, 3.05) is 19.6 Å². The number of nitrogens with one attached hydrogen (secondary N) is 1. The molecule has 1 N–H and O–H groups in total. The predicted molar refractivity (Wildman–Crippen MR) is 62.3 cm³/mol. The Balaban J connectivity index is 1.86. The summed E-state index contributed by atoms with van der Waals surface area (Å²) >= 11 is 0. The van der Waals surface area contributed by atoms with Crippen LogP contribution in [0.15, 0.2) is 0 Å². The standard InChI is InChI=1S/C12H22N2O2/c1-12(2,3)16-11(15)14-7-6-13-10(8-14)9-4-5-9/h9-10,13H,4-8H2,1-3H3/t10-/m0/s1. The second-order valence-electron chi connectivity index (χ2n) is 5.82. The molecule has 0 aromatic heterocycles. The Morgan fingerprint density at radius 2 is 2.06 bits per heavy atom. The average Bonchev–Trinajstić information content (AvgIpc) is 2.98. The van der Waals surface area contributed by atoms with Crippen LogP contribution < -0.4 is 5.32 Å². The van der Waals surface area contributed by atoms with Gasteiger partial charge in [0.1, 0.15) is 5.60 Å². The first kappa shape index (κ1) is 11.7. The first-order valence-electron chi connectivity index (χ1n) is 6.17. The van der Waals surface area contributed by atoms with E-state index < -0.39 is 5.60 Å². The highest BCUT2D eigenvalue weighted by Crippen LogP contribution is 2.33. The molecule has 1 atom stereocenters. The molecule has 1 saturated carbocycles. The molecule has 2 aliphatic rings. The highest BCUT2D eigenvalue weighted by Gasteiger charge is 2.36. The van der Waals surface area contributed by atoms with Gasteiger partial charge in [0.15, 0.2) is 0 Å². The maximum absolute atomic E-state index is 11.9. The minimum atomic E-state index is -0.392. The van der Waals surface area contributed by atoms with Crippen LogP contribution >= 0.6 is 0 Å². The maximum atomic E-state index is 11.9. The molecule has 0 radical (unpaired) electrons. The SMILES string of the molecule is CC(C)(C)OC(=O)N1CCN[C@H](C2CC2)C1. The zero-order chi connectivity index (χ0) is 11.8. The summed E-state index contributed by atoms with van der Waals surface area (Å²) in [5, 5.41) is 3.48. The molecule has 2 rings (SSSR count). The van der Waals surface area contributed by atoms with Crippen LogP contribution in [0.1, 0.15) is 33.6 Å². The molecule has 0 bridgehead atoms. The van der Waals surface area contributed by atoms with E-state index in [4.69, 9.17) is 4.74 Å². The fourth-order valence-corrected chi connectivity index (χ4v) is 2.08. The van der Waals surface area contributed by atoms with Crippen LogP contribution in [0.4, 0.5) is 4.79 Å². The quantitative estimate of drug-likeness (QED) is 0.738. The lowest BCUT2D eigenvalue weighted by Crippen LogP contribution is -2.54. The number of amides is 1. The highest BCUT2D eigenvalue weighted by atomic mass is 16.6. The third kappa shape index (κ3) is 3.11. The summed E-state index contributed by atoms with van der Waals surface area (Å²) in [6.07, 6.45) is 2.44. The van der Waals surface area contributed by atoms with Crippen LogP contribution in [0, 0.1) is 5.92 Å². The number of hydrogen-bond acceptors (Lipinski definition) is 3. The lowest BCUT2D eigenvalue weighted by molar-refractivity contribution is 0.0188. The third-order valence-corrected chi connectivity index (χ3v) is 3.05. The lowest BCUT2D eigenvalue weighted by Gasteiger charge is -2.35. The van der Waals surface area contributed by atoms with Gasteiger partial charge in [-0.2, -0.15) is 0 Å². The Kier molecular flexibility index (Phi) is 3.10. The molecule has 1 amide bonds. The molecule has 1 saturated heterocycles. The molecule has 4 heteroatoms. The molecule has 0 aromatic rings. The van der Waals surface area contributed by atoms with Crippen LogP contribution in [-0.4, -0.2) is 42.3 Å². The van der Waals surface area contributed by atoms with Crippen molar-refractivity contribution in [3.63, 3.8) is 0 Å². The largest absolute Gasteiger partial charge is 0.444 e. The predicted octanol–water partition coefficient (Wildman–Crippen LogP) is 1.61. The minimum Gasteiger partial charge on any atom is -0.444 e. The second-order valence-corrected chi connectivity index (χ2v) is 5.82. The smallest absolute Gasteiger partial charge is 0.410 e. The van der Waals surface area contributed by atoms with Crippen molar-refractivity contribution in [3.8, 4) is 0 Å². The maximum Gasteiger partial charge on any atom is 0.410 e. The number of hydrogen-bond donors (Lipinski definition) is 1. The van der Waals surface area contributed by atoms with E-state index in [-0.39, 0.29) is 6.09 Å². The molecule has 2 fully saturated rings. The molecule has 0 spiro atoms. The van der Waals surface area contributed by atoms with Crippen LogP contribution in [0.2, 0.25) is 0 Å². The molecule has 0 aromatic carbocycles. The van der Waals surface area contributed by atoms with E-state index >= 15 is 0 Å². The van der Waals surface area contributed by atoms with Crippen LogP contribution in [0.25, 0.3) is 0 Å². The van der Waals surface area contributed by atoms with Crippen molar-refractivity contribution in [3.05, 3.63) is 0 Å².